The van der Waals surface area contributed by atoms with Gasteiger partial charge in [-0.05, 0) is 18.9 Å². The molecule has 0 saturated heterocycles. The highest BCUT2D eigenvalue weighted by molar-refractivity contribution is 5.94. The van der Waals surface area contributed by atoms with E-state index in [1.165, 1.54) is 7.11 Å². The third-order valence-electron chi connectivity index (χ3n) is 2.79. The van der Waals surface area contributed by atoms with E-state index in [-0.39, 0.29) is 23.6 Å². The number of esters is 1. The van der Waals surface area contributed by atoms with Crippen LogP contribution in [0.5, 0.6) is 0 Å². The van der Waals surface area contributed by atoms with Crippen LogP contribution in [0.4, 0.5) is 0 Å². The third kappa shape index (κ3) is 2.03. The maximum Gasteiger partial charge on any atom is 0.313 e. The van der Waals surface area contributed by atoms with Crippen molar-refractivity contribution >= 4 is 11.8 Å². The van der Waals surface area contributed by atoms with Crippen molar-refractivity contribution in [3.63, 3.8) is 0 Å². The minimum atomic E-state index is -0.224. The Morgan fingerprint density at radius 2 is 2.29 bits per heavy atom. The number of carbonyl (C=O) groups is 2. The zero-order valence-electron chi connectivity index (χ0n) is 8.87. The Balaban J connectivity index is 2.93. The van der Waals surface area contributed by atoms with E-state index in [9.17, 15) is 9.59 Å². The molecule has 78 valence electrons. The number of ketones is 1. The summed E-state index contributed by atoms with van der Waals surface area (Å²) in [6.07, 6.45) is 2.86. The Bertz CT molecular complexity index is 278. The van der Waals surface area contributed by atoms with Crippen LogP contribution < -0.4 is 0 Å². The van der Waals surface area contributed by atoms with Gasteiger partial charge >= 0.3 is 5.97 Å². The molecule has 0 radical (unpaired) electrons. The van der Waals surface area contributed by atoms with Gasteiger partial charge in [0.2, 0.25) is 0 Å². The summed E-state index contributed by atoms with van der Waals surface area (Å²) < 4.78 is 4.74. The van der Waals surface area contributed by atoms with Crippen LogP contribution in [0, 0.1) is 11.8 Å². The fourth-order valence-corrected chi connectivity index (χ4v) is 2.04. The molecule has 3 nitrogen and oxygen atoms in total. The van der Waals surface area contributed by atoms with E-state index in [0.29, 0.717) is 6.42 Å². The van der Waals surface area contributed by atoms with Gasteiger partial charge in [-0.15, -0.1) is 0 Å². The Morgan fingerprint density at radius 1 is 1.64 bits per heavy atom. The molecule has 0 bridgehead atoms. The number of rotatable bonds is 2. The number of hydrogen-bond donors (Lipinski definition) is 0. The lowest BCUT2D eigenvalue weighted by molar-refractivity contribution is -0.146. The molecule has 0 saturated carbocycles. The highest BCUT2D eigenvalue weighted by Gasteiger charge is 2.34. The summed E-state index contributed by atoms with van der Waals surface area (Å²) >= 11 is 0. The molecular formula is C11H16O3. The van der Waals surface area contributed by atoms with Gasteiger partial charge in [0.05, 0.1) is 13.0 Å². The largest absolute Gasteiger partial charge is 0.469 e. The SMILES string of the molecule is CCC1CC(=O)C=C(C)C1C(=O)OC. The third-order valence-corrected chi connectivity index (χ3v) is 2.79. The number of hydrogen-bond acceptors (Lipinski definition) is 3. The quantitative estimate of drug-likeness (QED) is 0.631. The van der Waals surface area contributed by atoms with Crippen LogP contribution in [0.1, 0.15) is 26.7 Å². The average Bonchev–Trinajstić information content (AvgIpc) is 2.15. The number of methoxy groups -OCH3 is 1. The molecule has 0 aromatic heterocycles. The second kappa shape index (κ2) is 4.40. The van der Waals surface area contributed by atoms with Crippen molar-refractivity contribution in [3.05, 3.63) is 11.6 Å². The van der Waals surface area contributed by atoms with Crippen molar-refractivity contribution in [1.82, 2.24) is 0 Å². The summed E-state index contributed by atoms with van der Waals surface area (Å²) in [5.74, 6) is -0.213. The van der Waals surface area contributed by atoms with Gasteiger partial charge in [-0.2, -0.15) is 0 Å². The summed E-state index contributed by atoms with van der Waals surface area (Å²) in [7, 11) is 1.39. The van der Waals surface area contributed by atoms with Gasteiger partial charge in [-0.25, -0.2) is 0 Å². The standard InChI is InChI=1S/C11H16O3/c1-4-8-6-9(12)5-7(2)10(8)11(13)14-3/h5,8,10H,4,6H2,1-3H3. The van der Waals surface area contributed by atoms with Crippen molar-refractivity contribution in [2.45, 2.75) is 26.7 Å². The smallest absolute Gasteiger partial charge is 0.313 e. The Labute approximate surface area is 84.1 Å². The molecule has 2 atom stereocenters. The fourth-order valence-electron chi connectivity index (χ4n) is 2.04. The molecular weight excluding hydrogens is 180 g/mol. The number of ether oxygens (including phenoxy) is 1. The van der Waals surface area contributed by atoms with Gasteiger partial charge in [0.1, 0.15) is 0 Å². The van der Waals surface area contributed by atoms with Crippen LogP contribution in [0.25, 0.3) is 0 Å². The molecule has 2 unspecified atom stereocenters. The molecule has 0 aliphatic heterocycles. The first-order valence-electron chi connectivity index (χ1n) is 4.89. The van der Waals surface area contributed by atoms with Crippen molar-refractivity contribution in [2.75, 3.05) is 7.11 Å². The second-order valence-electron chi connectivity index (χ2n) is 3.73. The summed E-state index contributed by atoms with van der Waals surface area (Å²) in [6, 6.07) is 0. The van der Waals surface area contributed by atoms with E-state index < -0.39 is 0 Å². The van der Waals surface area contributed by atoms with Crippen LogP contribution in [0.3, 0.4) is 0 Å². The van der Waals surface area contributed by atoms with Crippen LogP contribution in [0.15, 0.2) is 11.6 Å². The molecule has 3 heteroatoms. The second-order valence-corrected chi connectivity index (χ2v) is 3.73. The topological polar surface area (TPSA) is 43.4 Å². The first kappa shape index (κ1) is 11.0. The number of carbonyl (C=O) groups excluding carboxylic acids is 2. The first-order chi connectivity index (χ1) is 6.60. The van der Waals surface area contributed by atoms with Gasteiger partial charge in [0.15, 0.2) is 5.78 Å². The Morgan fingerprint density at radius 3 is 2.79 bits per heavy atom. The minimum Gasteiger partial charge on any atom is -0.469 e. The zero-order chi connectivity index (χ0) is 10.7. The van der Waals surface area contributed by atoms with E-state index in [0.717, 1.165) is 12.0 Å². The normalized spacial score (nSPS) is 27.1. The van der Waals surface area contributed by atoms with E-state index in [1.54, 1.807) is 6.08 Å². The monoisotopic (exact) mass is 196 g/mol. The molecule has 0 spiro atoms. The number of allylic oxidation sites excluding steroid dienone is 1. The fraction of sp³-hybridized carbons (Fsp3) is 0.636. The van der Waals surface area contributed by atoms with E-state index in [2.05, 4.69) is 0 Å². The molecule has 0 N–H and O–H groups in total. The van der Waals surface area contributed by atoms with E-state index >= 15 is 0 Å². The van der Waals surface area contributed by atoms with Crippen LogP contribution in [0.2, 0.25) is 0 Å². The highest BCUT2D eigenvalue weighted by atomic mass is 16.5. The predicted octanol–water partition coefficient (Wildman–Crippen LogP) is 1.72. The lowest BCUT2D eigenvalue weighted by Crippen LogP contribution is -2.30. The average molecular weight is 196 g/mol. The Kier molecular flexibility index (Phi) is 3.44. The summed E-state index contributed by atoms with van der Waals surface area (Å²) in [5.41, 5.74) is 0.833. The summed E-state index contributed by atoms with van der Waals surface area (Å²) in [6.45, 7) is 3.81. The molecule has 14 heavy (non-hydrogen) atoms. The van der Waals surface area contributed by atoms with Crippen LogP contribution in [-0.2, 0) is 14.3 Å². The minimum absolute atomic E-state index is 0.111. The van der Waals surface area contributed by atoms with Gasteiger partial charge in [-0.1, -0.05) is 18.9 Å². The molecule has 0 heterocycles. The summed E-state index contributed by atoms with van der Waals surface area (Å²) in [5, 5.41) is 0. The van der Waals surface area contributed by atoms with E-state index in [4.69, 9.17) is 4.74 Å². The maximum absolute atomic E-state index is 11.5. The first-order valence-corrected chi connectivity index (χ1v) is 4.89. The van der Waals surface area contributed by atoms with Crippen LogP contribution >= 0.6 is 0 Å². The van der Waals surface area contributed by atoms with Crippen molar-refractivity contribution in [3.8, 4) is 0 Å². The molecule has 1 rings (SSSR count). The zero-order valence-corrected chi connectivity index (χ0v) is 8.87. The molecule has 0 fully saturated rings. The van der Waals surface area contributed by atoms with Crippen molar-refractivity contribution in [2.24, 2.45) is 11.8 Å². The molecule has 0 amide bonds. The highest BCUT2D eigenvalue weighted by Crippen LogP contribution is 2.31. The van der Waals surface area contributed by atoms with Crippen molar-refractivity contribution < 1.29 is 14.3 Å². The van der Waals surface area contributed by atoms with E-state index in [1.807, 2.05) is 13.8 Å². The lowest BCUT2D eigenvalue weighted by atomic mass is 9.77. The maximum atomic E-state index is 11.5. The van der Waals surface area contributed by atoms with Gasteiger partial charge in [0.25, 0.3) is 0 Å². The molecule has 0 aromatic carbocycles. The summed E-state index contributed by atoms with van der Waals surface area (Å²) in [4.78, 5) is 22.7. The van der Waals surface area contributed by atoms with Crippen molar-refractivity contribution in [1.29, 1.82) is 0 Å². The molecule has 1 aliphatic carbocycles. The predicted molar refractivity (Wildman–Crippen MR) is 52.7 cm³/mol. The van der Waals surface area contributed by atoms with Crippen LogP contribution in [-0.4, -0.2) is 18.9 Å². The lowest BCUT2D eigenvalue weighted by Gasteiger charge is -2.27. The molecule has 0 aromatic rings. The van der Waals surface area contributed by atoms with Gasteiger partial charge in [0, 0.05) is 6.42 Å². The Hall–Kier alpha value is -1.12. The van der Waals surface area contributed by atoms with Gasteiger partial charge in [-0.3, -0.25) is 9.59 Å². The van der Waals surface area contributed by atoms with Gasteiger partial charge < -0.3 is 4.74 Å². The molecule has 1 aliphatic rings.